The first-order valence-electron chi connectivity index (χ1n) is 7.12. The molecule has 0 saturated heterocycles. The summed E-state index contributed by atoms with van der Waals surface area (Å²) in [5.41, 5.74) is 1.05. The molecule has 5 nitrogen and oxygen atoms in total. The van der Waals surface area contributed by atoms with Crippen molar-refractivity contribution in [3.8, 4) is 0 Å². The quantitative estimate of drug-likeness (QED) is 0.627. The number of aromatic nitrogens is 2. The molecule has 0 spiro atoms. The van der Waals surface area contributed by atoms with E-state index in [4.69, 9.17) is 9.47 Å². The van der Waals surface area contributed by atoms with Gasteiger partial charge in [0.25, 0.3) is 0 Å². The Morgan fingerprint density at radius 2 is 2.11 bits per heavy atom. The molecular formula is C14H27N3O2. The topological polar surface area (TPSA) is 48.3 Å². The number of imidazole rings is 1. The van der Waals surface area contributed by atoms with E-state index in [2.05, 4.69) is 28.0 Å². The highest BCUT2D eigenvalue weighted by atomic mass is 16.5. The van der Waals surface area contributed by atoms with Gasteiger partial charge < -0.3 is 19.4 Å². The van der Waals surface area contributed by atoms with Gasteiger partial charge in [0.15, 0.2) is 0 Å². The summed E-state index contributed by atoms with van der Waals surface area (Å²) in [5.74, 6) is 0.948. The third kappa shape index (κ3) is 6.59. The Hall–Kier alpha value is -1.07. The molecule has 1 heterocycles. The van der Waals surface area contributed by atoms with Crippen LogP contribution in [0.1, 0.15) is 31.9 Å². The van der Waals surface area contributed by atoms with E-state index in [-0.39, 0.29) is 0 Å². The molecule has 0 saturated carbocycles. The fourth-order valence-electron chi connectivity index (χ4n) is 1.86. The standard InChI is InChI=1S/C14H27N3O2/c1-4-9-19-11-6-8-17-12-13(2)16-14(17)15-7-5-10-18-3/h12H,4-11H2,1-3H3,(H,15,16). The molecule has 0 radical (unpaired) electrons. The maximum Gasteiger partial charge on any atom is 0.203 e. The summed E-state index contributed by atoms with van der Waals surface area (Å²) in [6, 6.07) is 0. The van der Waals surface area contributed by atoms with Crippen LogP contribution in [0.15, 0.2) is 6.20 Å². The van der Waals surface area contributed by atoms with Crippen LogP contribution < -0.4 is 5.32 Å². The van der Waals surface area contributed by atoms with E-state index in [9.17, 15) is 0 Å². The van der Waals surface area contributed by atoms with Gasteiger partial charge in [-0.05, 0) is 26.2 Å². The van der Waals surface area contributed by atoms with Crippen LogP contribution >= 0.6 is 0 Å². The second kappa shape index (κ2) is 9.81. The molecule has 0 aliphatic rings. The highest BCUT2D eigenvalue weighted by Gasteiger charge is 2.04. The third-order valence-corrected chi connectivity index (χ3v) is 2.74. The van der Waals surface area contributed by atoms with Crippen molar-refractivity contribution in [1.29, 1.82) is 0 Å². The fourth-order valence-corrected chi connectivity index (χ4v) is 1.86. The molecule has 0 unspecified atom stereocenters. The molecule has 0 aromatic carbocycles. The highest BCUT2D eigenvalue weighted by Crippen LogP contribution is 2.09. The lowest BCUT2D eigenvalue weighted by atomic mass is 10.4. The summed E-state index contributed by atoms with van der Waals surface area (Å²) < 4.78 is 12.7. The van der Waals surface area contributed by atoms with Crippen molar-refractivity contribution in [2.75, 3.05) is 38.8 Å². The summed E-state index contributed by atoms with van der Waals surface area (Å²) >= 11 is 0. The van der Waals surface area contributed by atoms with E-state index in [1.54, 1.807) is 7.11 Å². The van der Waals surface area contributed by atoms with Crippen LogP contribution in [0.2, 0.25) is 0 Å². The van der Waals surface area contributed by atoms with Crippen molar-refractivity contribution >= 4 is 5.95 Å². The summed E-state index contributed by atoms with van der Waals surface area (Å²) in [7, 11) is 1.72. The van der Waals surface area contributed by atoms with E-state index in [0.717, 1.165) is 63.8 Å². The Bertz CT molecular complexity index is 339. The van der Waals surface area contributed by atoms with Crippen LogP contribution in [0, 0.1) is 6.92 Å². The predicted octanol–water partition coefficient (Wildman–Crippen LogP) is 2.46. The fraction of sp³-hybridized carbons (Fsp3) is 0.786. The Morgan fingerprint density at radius 3 is 2.84 bits per heavy atom. The first-order chi connectivity index (χ1) is 9.27. The number of nitrogens with zero attached hydrogens (tertiary/aromatic N) is 2. The Balaban J connectivity index is 2.31. The predicted molar refractivity (Wildman–Crippen MR) is 77.7 cm³/mol. The number of methoxy groups -OCH3 is 1. The molecule has 1 rings (SSSR count). The van der Waals surface area contributed by atoms with Gasteiger partial charge >= 0.3 is 0 Å². The Labute approximate surface area is 116 Å². The van der Waals surface area contributed by atoms with Crippen molar-refractivity contribution < 1.29 is 9.47 Å². The Kier molecular flexibility index (Phi) is 8.25. The maximum absolute atomic E-state index is 5.49. The van der Waals surface area contributed by atoms with Crippen LogP contribution in [0.3, 0.4) is 0 Å². The highest BCUT2D eigenvalue weighted by molar-refractivity contribution is 5.28. The first kappa shape index (κ1) is 16.0. The number of hydrogen-bond acceptors (Lipinski definition) is 4. The molecule has 110 valence electrons. The van der Waals surface area contributed by atoms with E-state index in [1.807, 2.05) is 6.92 Å². The average molecular weight is 269 g/mol. The van der Waals surface area contributed by atoms with Crippen molar-refractivity contribution in [2.24, 2.45) is 0 Å². The van der Waals surface area contributed by atoms with Gasteiger partial charge in [-0.25, -0.2) is 4.98 Å². The minimum Gasteiger partial charge on any atom is -0.385 e. The zero-order valence-electron chi connectivity index (χ0n) is 12.4. The SMILES string of the molecule is CCCOCCCn1cc(C)nc1NCCCOC. The van der Waals surface area contributed by atoms with Gasteiger partial charge in [-0.3, -0.25) is 0 Å². The molecule has 0 fully saturated rings. The van der Waals surface area contributed by atoms with Crippen molar-refractivity contribution in [3.63, 3.8) is 0 Å². The maximum atomic E-state index is 5.49. The van der Waals surface area contributed by atoms with E-state index < -0.39 is 0 Å². The summed E-state index contributed by atoms with van der Waals surface area (Å²) in [5, 5.41) is 3.35. The van der Waals surface area contributed by atoms with Gasteiger partial charge in [-0.15, -0.1) is 0 Å². The molecule has 19 heavy (non-hydrogen) atoms. The molecule has 0 aliphatic carbocycles. The van der Waals surface area contributed by atoms with Crippen LogP contribution in [-0.2, 0) is 16.0 Å². The van der Waals surface area contributed by atoms with Gasteiger partial charge in [0.05, 0.1) is 5.69 Å². The zero-order chi connectivity index (χ0) is 13.9. The monoisotopic (exact) mass is 269 g/mol. The third-order valence-electron chi connectivity index (χ3n) is 2.74. The smallest absolute Gasteiger partial charge is 0.203 e. The molecule has 0 atom stereocenters. The van der Waals surface area contributed by atoms with E-state index in [0.29, 0.717) is 0 Å². The molecule has 0 aliphatic heterocycles. The van der Waals surface area contributed by atoms with Crippen molar-refractivity contribution in [1.82, 2.24) is 9.55 Å². The second-order valence-corrected chi connectivity index (χ2v) is 4.64. The average Bonchev–Trinajstić information content (AvgIpc) is 2.75. The lowest BCUT2D eigenvalue weighted by Crippen LogP contribution is -2.11. The molecule has 0 bridgehead atoms. The molecular weight excluding hydrogens is 242 g/mol. The van der Waals surface area contributed by atoms with Crippen molar-refractivity contribution in [3.05, 3.63) is 11.9 Å². The molecule has 0 amide bonds. The number of anilines is 1. The van der Waals surface area contributed by atoms with Crippen LogP contribution in [0.4, 0.5) is 5.95 Å². The molecule has 1 aromatic rings. The van der Waals surface area contributed by atoms with Gasteiger partial charge in [0.2, 0.25) is 5.95 Å². The van der Waals surface area contributed by atoms with Crippen LogP contribution in [-0.4, -0.2) is 43.0 Å². The summed E-state index contributed by atoms with van der Waals surface area (Å²) in [6.07, 6.45) is 5.17. The van der Waals surface area contributed by atoms with E-state index >= 15 is 0 Å². The molecule has 1 aromatic heterocycles. The van der Waals surface area contributed by atoms with E-state index in [1.165, 1.54) is 0 Å². The summed E-state index contributed by atoms with van der Waals surface area (Å²) in [4.78, 5) is 4.49. The van der Waals surface area contributed by atoms with Gasteiger partial charge in [0, 0.05) is 46.2 Å². The largest absolute Gasteiger partial charge is 0.385 e. The summed E-state index contributed by atoms with van der Waals surface area (Å²) in [6.45, 7) is 8.41. The zero-order valence-corrected chi connectivity index (χ0v) is 12.4. The Morgan fingerprint density at radius 1 is 1.26 bits per heavy atom. The minimum atomic E-state index is 0.775. The van der Waals surface area contributed by atoms with Crippen LogP contribution in [0.5, 0.6) is 0 Å². The lowest BCUT2D eigenvalue weighted by Gasteiger charge is -2.09. The first-order valence-corrected chi connectivity index (χ1v) is 7.12. The van der Waals surface area contributed by atoms with Crippen LogP contribution in [0.25, 0.3) is 0 Å². The lowest BCUT2D eigenvalue weighted by molar-refractivity contribution is 0.129. The number of nitrogens with one attached hydrogen (secondary N) is 1. The van der Waals surface area contributed by atoms with Crippen molar-refractivity contribution in [2.45, 2.75) is 39.7 Å². The number of hydrogen-bond donors (Lipinski definition) is 1. The van der Waals surface area contributed by atoms with Gasteiger partial charge in [-0.1, -0.05) is 6.92 Å². The second-order valence-electron chi connectivity index (χ2n) is 4.64. The molecule has 5 heteroatoms. The number of ether oxygens (including phenoxy) is 2. The van der Waals surface area contributed by atoms with Gasteiger partial charge in [-0.2, -0.15) is 0 Å². The number of aryl methyl sites for hydroxylation is 2. The molecule has 1 N–H and O–H groups in total. The number of rotatable bonds is 11. The normalized spacial score (nSPS) is 10.9. The van der Waals surface area contributed by atoms with Gasteiger partial charge in [0.1, 0.15) is 0 Å². The minimum absolute atomic E-state index is 0.775.